The molecule has 10 aromatic carbocycles. The highest BCUT2D eigenvalue weighted by Gasteiger charge is 2.24. The second-order valence-electron chi connectivity index (χ2n) is 19.6. The summed E-state index contributed by atoms with van der Waals surface area (Å²) in [5.74, 6) is 0. The Morgan fingerprint density at radius 1 is 0.312 bits per heavy atom. The summed E-state index contributed by atoms with van der Waals surface area (Å²) in [5, 5.41) is 7.46. The van der Waals surface area contributed by atoms with Crippen molar-refractivity contribution >= 4 is 66.4 Å². The maximum Gasteiger partial charge on any atom is 0.0540 e. The Balaban J connectivity index is 1.16. The molecule has 0 N–H and O–H groups in total. The van der Waals surface area contributed by atoms with Gasteiger partial charge >= 0.3 is 0 Å². The lowest BCUT2D eigenvalue weighted by Gasteiger charge is -2.31. The molecule has 64 heavy (non-hydrogen) atoms. The van der Waals surface area contributed by atoms with Gasteiger partial charge in [0.2, 0.25) is 0 Å². The number of hydrogen-bond donors (Lipinski definition) is 0. The van der Waals surface area contributed by atoms with Crippen LogP contribution in [0, 0.1) is 13.8 Å². The fraction of sp³-hybridized carbons (Fsp3) is 0.161. The maximum atomic E-state index is 2.47. The molecule has 2 nitrogen and oxygen atoms in total. The second kappa shape index (κ2) is 15.9. The summed E-state index contributed by atoms with van der Waals surface area (Å²) in [7, 11) is 0. The highest BCUT2D eigenvalue weighted by atomic mass is 15.2. The van der Waals surface area contributed by atoms with Crippen molar-refractivity contribution in [2.24, 2.45) is 0 Å². The number of nitrogens with zero attached hydrogens (tertiary/aromatic N) is 2. The summed E-state index contributed by atoms with van der Waals surface area (Å²) < 4.78 is 0. The Labute approximate surface area is 379 Å². The first kappa shape index (κ1) is 40.9. The van der Waals surface area contributed by atoms with Crippen molar-refractivity contribution < 1.29 is 0 Å². The van der Waals surface area contributed by atoms with Crippen LogP contribution >= 0.6 is 0 Å². The molecule has 0 aliphatic heterocycles. The molecule has 10 aromatic rings. The van der Waals surface area contributed by atoms with E-state index in [0.717, 1.165) is 34.1 Å². The van der Waals surface area contributed by atoms with Gasteiger partial charge in [-0.2, -0.15) is 0 Å². The molecule has 0 radical (unpaired) electrons. The van der Waals surface area contributed by atoms with Crippen LogP contribution in [0.25, 0.3) is 54.6 Å². The van der Waals surface area contributed by atoms with E-state index in [0.29, 0.717) is 0 Å². The SMILES string of the molecule is Cc1ccc(-c2ccc(C(C)(C)C)cc2)cc1N(c1ccccc1)c1ccc2ccc3c(N(c4ccccc4)c4cc(-c5ccc(C(C)(C)C)cc5)ccc4C)ccc4ccc1c2c43. The molecule has 0 amide bonds. The minimum Gasteiger partial charge on any atom is -0.310 e. The van der Waals surface area contributed by atoms with Crippen LogP contribution in [-0.4, -0.2) is 0 Å². The largest absolute Gasteiger partial charge is 0.310 e. The van der Waals surface area contributed by atoms with E-state index >= 15 is 0 Å². The van der Waals surface area contributed by atoms with E-state index in [-0.39, 0.29) is 10.8 Å². The summed E-state index contributed by atoms with van der Waals surface area (Å²) in [6.07, 6.45) is 0. The second-order valence-corrected chi connectivity index (χ2v) is 19.6. The first-order valence-electron chi connectivity index (χ1n) is 22.7. The highest BCUT2D eigenvalue weighted by Crippen LogP contribution is 2.49. The Hall–Kier alpha value is -7.16. The van der Waals surface area contributed by atoms with Crippen molar-refractivity contribution in [3.63, 3.8) is 0 Å². The van der Waals surface area contributed by atoms with Gasteiger partial charge in [0.1, 0.15) is 0 Å². The van der Waals surface area contributed by atoms with Gasteiger partial charge in [0.15, 0.2) is 0 Å². The number of aryl methyl sites for hydroxylation is 2. The van der Waals surface area contributed by atoms with Crippen LogP contribution in [0.4, 0.5) is 34.1 Å². The summed E-state index contributed by atoms with van der Waals surface area (Å²) in [4.78, 5) is 4.93. The summed E-state index contributed by atoms with van der Waals surface area (Å²) in [6, 6.07) is 72.3. The first-order chi connectivity index (χ1) is 30.8. The van der Waals surface area contributed by atoms with Crippen LogP contribution in [0.2, 0.25) is 0 Å². The van der Waals surface area contributed by atoms with E-state index in [2.05, 4.69) is 259 Å². The predicted octanol–water partition coefficient (Wildman–Crippen LogP) is 18.1. The van der Waals surface area contributed by atoms with Crippen LogP contribution in [0.15, 0.2) is 194 Å². The van der Waals surface area contributed by atoms with E-state index < -0.39 is 0 Å². The number of benzene rings is 10. The molecular formula is C62H56N2. The third kappa shape index (κ3) is 7.37. The zero-order valence-corrected chi connectivity index (χ0v) is 38.4. The summed E-state index contributed by atoms with van der Waals surface area (Å²) in [6.45, 7) is 18.1. The molecule has 0 fully saturated rings. The molecule has 0 spiro atoms. The van der Waals surface area contributed by atoms with Crippen LogP contribution in [0.1, 0.15) is 63.8 Å². The monoisotopic (exact) mass is 828 g/mol. The lowest BCUT2D eigenvalue weighted by Crippen LogP contribution is -2.13. The van der Waals surface area contributed by atoms with Crippen molar-refractivity contribution in [3.05, 3.63) is 216 Å². The van der Waals surface area contributed by atoms with E-state index in [1.54, 1.807) is 0 Å². The Kier molecular flexibility index (Phi) is 10.1. The van der Waals surface area contributed by atoms with E-state index in [1.165, 1.54) is 76.8 Å². The van der Waals surface area contributed by atoms with Crippen molar-refractivity contribution in [2.45, 2.75) is 66.2 Å². The average molecular weight is 829 g/mol. The fourth-order valence-corrected chi connectivity index (χ4v) is 9.52. The van der Waals surface area contributed by atoms with Gasteiger partial charge in [0, 0.05) is 33.5 Å². The van der Waals surface area contributed by atoms with Crippen molar-refractivity contribution in [1.29, 1.82) is 0 Å². The zero-order valence-electron chi connectivity index (χ0n) is 38.4. The Morgan fingerprint density at radius 3 is 1.02 bits per heavy atom. The topological polar surface area (TPSA) is 6.48 Å². The average Bonchev–Trinajstić information content (AvgIpc) is 3.30. The van der Waals surface area contributed by atoms with E-state index in [9.17, 15) is 0 Å². The molecule has 0 saturated heterocycles. The lowest BCUT2D eigenvalue weighted by atomic mass is 9.86. The smallest absolute Gasteiger partial charge is 0.0540 e. The summed E-state index contributed by atoms with van der Waals surface area (Å²) >= 11 is 0. The van der Waals surface area contributed by atoms with Gasteiger partial charge < -0.3 is 9.80 Å². The molecule has 0 unspecified atom stereocenters. The van der Waals surface area contributed by atoms with Crippen LogP contribution in [0.3, 0.4) is 0 Å². The molecule has 0 heterocycles. The molecule has 314 valence electrons. The van der Waals surface area contributed by atoms with Gasteiger partial charge in [-0.15, -0.1) is 0 Å². The quantitative estimate of drug-likeness (QED) is 0.141. The predicted molar refractivity (Wildman–Crippen MR) is 277 cm³/mol. The number of hydrogen-bond acceptors (Lipinski definition) is 2. The summed E-state index contributed by atoms with van der Waals surface area (Å²) in [5.41, 5.74) is 17.0. The third-order valence-corrected chi connectivity index (χ3v) is 13.2. The highest BCUT2D eigenvalue weighted by molar-refractivity contribution is 6.28. The molecule has 0 atom stereocenters. The normalized spacial score (nSPS) is 12.1. The molecule has 0 bridgehead atoms. The van der Waals surface area contributed by atoms with Gasteiger partial charge in [-0.1, -0.05) is 187 Å². The van der Waals surface area contributed by atoms with Crippen molar-refractivity contribution in [2.75, 3.05) is 9.80 Å². The van der Waals surface area contributed by atoms with Gasteiger partial charge in [-0.05, 0) is 139 Å². The fourth-order valence-electron chi connectivity index (χ4n) is 9.52. The maximum absolute atomic E-state index is 2.47. The Morgan fingerprint density at radius 2 is 0.656 bits per heavy atom. The Bertz CT molecular complexity index is 3050. The molecule has 0 aliphatic carbocycles. The van der Waals surface area contributed by atoms with Gasteiger partial charge in [0.25, 0.3) is 0 Å². The molecule has 0 aliphatic rings. The van der Waals surface area contributed by atoms with E-state index in [1.807, 2.05) is 0 Å². The van der Waals surface area contributed by atoms with Gasteiger partial charge in [0.05, 0.1) is 11.4 Å². The number of anilines is 6. The molecule has 10 rings (SSSR count). The minimum absolute atomic E-state index is 0.0973. The number of rotatable bonds is 8. The lowest BCUT2D eigenvalue weighted by molar-refractivity contribution is 0.590. The van der Waals surface area contributed by atoms with Gasteiger partial charge in [-0.25, -0.2) is 0 Å². The molecule has 2 heteroatoms. The molecule has 0 saturated carbocycles. The van der Waals surface area contributed by atoms with Gasteiger partial charge in [-0.3, -0.25) is 0 Å². The van der Waals surface area contributed by atoms with Crippen LogP contribution in [-0.2, 0) is 10.8 Å². The standard InChI is InChI=1S/C62H56N2/c1-41-19-21-47(43-23-31-49(32-24-43)61(3,4)5)39-57(41)63(51-15-11-9-12-16-51)55-37-29-45-28-36-54-56(38-30-46-27-35-53(55)59(45)60(46)54)64(52-17-13-10-14-18-52)58-40-48(22-20-42(58)2)44-25-33-50(34-26-44)62(6,7)8/h9-40H,1-8H3. The minimum atomic E-state index is 0.0973. The van der Waals surface area contributed by atoms with Crippen molar-refractivity contribution in [3.8, 4) is 22.3 Å². The molecular weight excluding hydrogens is 773 g/mol. The zero-order chi connectivity index (χ0) is 44.3. The molecule has 0 aromatic heterocycles. The van der Waals surface area contributed by atoms with E-state index in [4.69, 9.17) is 0 Å². The van der Waals surface area contributed by atoms with Crippen LogP contribution < -0.4 is 9.80 Å². The number of para-hydroxylation sites is 2. The van der Waals surface area contributed by atoms with Crippen molar-refractivity contribution in [1.82, 2.24) is 0 Å². The first-order valence-corrected chi connectivity index (χ1v) is 22.7. The third-order valence-electron chi connectivity index (χ3n) is 13.2. The van der Waals surface area contributed by atoms with Crippen LogP contribution in [0.5, 0.6) is 0 Å².